The van der Waals surface area contributed by atoms with Gasteiger partial charge in [0.15, 0.2) is 5.78 Å². The molecular formula is C23H16ClN3O2. The second-order valence-electron chi connectivity index (χ2n) is 6.37. The van der Waals surface area contributed by atoms with Gasteiger partial charge < -0.3 is 5.32 Å². The molecule has 1 heterocycles. The highest BCUT2D eigenvalue weighted by Crippen LogP contribution is 2.25. The normalized spacial score (nSPS) is 10.5. The number of amides is 1. The van der Waals surface area contributed by atoms with Gasteiger partial charge in [-0.15, -0.1) is 0 Å². The van der Waals surface area contributed by atoms with Crippen LogP contribution in [0.25, 0.3) is 11.3 Å². The Kier molecular flexibility index (Phi) is 5.22. The summed E-state index contributed by atoms with van der Waals surface area (Å²) in [5.41, 5.74) is 3.06. The lowest BCUT2D eigenvalue weighted by Crippen LogP contribution is -2.15. The zero-order chi connectivity index (χ0) is 20.2. The smallest absolute Gasteiger partial charge is 0.273 e. The fourth-order valence-electron chi connectivity index (χ4n) is 2.94. The van der Waals surface area contributed by atoms with Crippen LogP contribution >= 0.6 is 11.6 Å². The molecule has 0 saturated heterocycles. The zero-order valence-electron chi connectivity index (χ0n) is 15.2. The first-order valence-electron chi connectivity index (χ1n) is 8.93. The third kappa shape index (κ3) is 4.10. The van der Waals surface area contributed by atoms with E-state index in [1.54, 1.807) is 48.5 Å². The molecule has 0 unspecified atom stereocenters. The van der Waals surface area contributed by atoms with E-state index in [9.17, 15) is 9.59 Å². The van der Waals surface area contributed by atoms with Gasteiger partial charge in [0.2, 0.25) is 0 Å². The van der Waals surface area contributed by atoms with Crippen LogP contribution in [-0.4, -0.2) is 21.9 Å². The van der Waals surface area contributed by atoms with Crippen LogP contribution in [0.15, 0.2) is 84.9 Å². The second-order valence-corrected chi connectivity index (χ2v) is 6.81. The van der Waals surface area contributed by atoms with Gasteiger partial charge >= 0.3 is 0 Å². The maximum absolute atomic E-state index is 12.9. The summed E-state index contributed by atoms with van der Waals surface area (Å²) >= 11 is 6.09. The molecule has 5 nitrogen and oxygen atoms in total. The lowest BCUT2D eigenvalue weighted by molar-refractivity contribution is 0.102. The van der Waals surface area contributed by atoms with E-state index in [1.165, 1.54) is 0 Å². The monoisotopic (exact) mass is 401 g/mol. The van der Waals surface area contributed by atoms with E-state index < -0.39 is 5.91 Å². The second kappa shape index (κ2) is 8.12. The Balaban J connectivity index is 1.61. The molecule has 0 radical (unpaired) electrons. The molecule has 4 rings (SSSR count). The van der Waals surface area contributed by atoms with Crippen LogP contribution in [-0.2, 0) is 0 Å². The summed E-state index contributed by atoms with van der Waals surface area (Å²) in [6.07, 6.45) is 0. The van der Waals surface area contributed by atoms with Gasteiger partial charge in [-0.3, -0.25) is 14.7 Å². The van der Waals surface area contributed by atoms with Gasteiger partial charge in [0.25, 0.3) is 5.91 Å². The molecule has 0 fully saturated rings. The Morgan fingerprint density at radius 3 is 2.28 bits per heavy atom. The number of anilines is 1. The highest BCUT2D eigenvalue weighted by Gasteiger charge is 2.18. The maximum Gasteiger partial charge on any atom is 0.273 e. The van der Waals surface area contributed by atoms with Crippen molar-refractivity contribution < 1.29 is 9.59 Å². The van der Waals surface area contributed by atoms with E-state index in [4.69, 9.17) is 11.6 Å². The molecule has 2 N–H and O–H groups in total. The lowest BCUT2D eigenvalue weighted by Gasteiger charge is -2.10. The van der Waals surface area contributed by atoms with Crippen molar-refractivity contribution in [2.45, 2.75) is 0 Å². The average Bonchev–Trinajstić information content (AvgIpc) is 3.26. The van der Waals surface area contributed by atoms with E-state index >= 15 is 0 Å². The Morgan fingerprint density at radius 2 is 1.55 bits per heavy atom. The number of ketones is 1. The van der Waals surface area contributed by atoms with E-state index in [2.05, 4.69) is 15.5 Å². The molecule has 142 valence electrons. The molecule has 6 heteroatoms. The number of hydrogen-bond donors (Lipinski definition) is 2. The van der Waals surface area contributed by atoms with Crippen molar-refractivity contribution in [3.8, 4) is 11.3 Å². The Bertz CT molecular complexity index is 1170. The minimum Gasteiger partial charge on any atom is -0.320 e. The van der Waals surface area contributed by atoms with E-state index in [0.29, 0.717) is 27.5 Å². The highest BCUT2D eigenvalue weighted by atomic mass is 35.5. The van der Waals surface area contributed by atoms with Crippen molar-refractivity contribution in [2.24, 2.45) is 0 Å². The summed E-state index contributed by atoms with van der Waals surface area (Å²) in [6, 6.07) is 24.8. The number of halogens is 1. The van der Waals surface area contributed by atoms with E-state index in [0.717, 1.165) is 5.56 Å². The van der Waals surface area contributed by atoms with Crippen LogP contribution in [0.3, 0.4) is 0 Å². The van der Waals surface area contributed by atoms with Crippen molar-refractivity contribution in [1.82, 2.24) is 10.2 Å². The summed E-state index contributed by atoms with van der Waals surface area (Å²) in [7, 11) is 0. The summed E-state index contributed by atoms with van der Waals surface area (Å²) in [5, 5.41) is 10.1. The summed E-state index contributed by atoms with van der Waals surface area (Å²) in [6.45, 7) is 0. The highest BCUT2D eigenvalue weighted by molar-refractivity contribution is 6.31. The predicted octanol–water partition coefficient (Wildman–Crippen LogP) is 5.21. The standard InChI is InChI=1S/C23H16ClN3O2/c24-17-11-12-19(18(13-17)22(28)16-9-5-2-6-10-16)25-23(29)21-14-20(26-27-21)15-7-3-1-4-8-15/h1-14H,(H,25,29)(H,26,27). The van der Waals surface area contributed by atoms with E-state index in [1.807, 2.05) is 36.4 Å². The number of benzene rings is 3. The van der Waals surface area contributed by atoms with Crippen LogP contribution in [0.2, 0.25) is 5.02 Å². The van der Waals surface area contributed by atoms with Gasteiger partial charge in [-0.25, -0.2) is 0 Å². The number of carbonyl (C=O) groups is 2. The molecule has 0 aliphatic rings. The molecule has 0 aliphatic carbocycles. The number of H-pyrrole nitrogens is 1. The number of aromatic nitrogens is 2. The molecule has 0 bridgehead atoms. The van der Waals surface area contributed by atoms with Crippen molar-refractivity contribution in [3.05, 3.63) is 107 Å². The van der Waals surface area contributed by atoms with Crippen molar-refractivity contribution in [2.75, 3.05) is 5.32 Å². The predicted molar refractivity (Wildman–Crippen MR) is 113 cm³/mol. The molecule has 1 aromatic heterocycles. The van der Waals surface area contributed by atoms with Crippen LogP contribution in [0.5, 0.6) is 0 Å². The fraction of sp³-hybridized carbons (Fsp3) is 0. The lowest BCUT2D eigenvalue weighted by atomic mass is 10.0. The number of hydrogen-bond acceptors (Lipinski definition) is 3. The van der Waals surface area contributed by atoms with Crippen molar-refractivity contribution >= 4 is 29.0 Å². The Hall–Kier alpha value is -3.70. The molecule has 29 heavy (non-hydrogen) atoms. The number of nitrogens with zero attached hydrogens (tertiary/aromatic N) is 1. The van der Waals surface area contributed by atoms with Crippen LogP contribution in [0.1, 0.15) is 26.4 Å². The molecule has 0 atom stereocenters. The number of aromatic amines is 1. The first-order chi connectivity index (χ1) is 14.1. The van der Waals surface area contributed by atoms with E-state index in [-0.39, 0.29) is 11.5 Å². The van der Waals surface area contributed by atoms with Gasteiger partial charge in [0.05, 0.1) is 11.4 Å². The molecule has 0 spiro atoms. The van der Waals surface area contributed by atoms with Gasteiger partial charge in [0, 0.05) is 21.7 Å². The van der Waals surface area contributed by atoms with Gasteiger partial charge in [-0.05, 0) is 24.3 Å². The Labute approximate surface area is 172 Å². The first kappa shape index (κ1) is 18.7. The van der Waals surface area contributed by atoms with Crippen LogP contribution in [0.4, 0.5) is 5.69 Å². The average molecular weight is 402 g/mol. The summed E-state index contributed by atoms with van der Waals surface area (Å²) in [4.78, 5) is 25.6. The largest absolute Gasteiger partial charge is 0.320 e. The third-order valence-electron chi connectivity index (χ3n) is 4.40. The SMILES string of the molecule is O=C(Nc1ccc(Cl)cc1C(=O)c1ccccc1)c1cc(-c2ccccc2)n[nH]1. The van der Waals surface area contributed by atoms with Crippen LogP contribution < -0.4 is 5.32 Å². The summed E-state index contributed by atoms with van der Waals surface area (Å²) < 4.78 is 0. The first-order valence-corrected chi connectivity index (χ1v) is 9.31. The Morgan fingerprint density at radius 1 is 0.862 bits per heavy atom. The maximum atomic E-state index is 12.9. The number of carbonyl (C=O) groups excluding carboxylic acids is 2. The van der Waals surface area contributed by atoms with Crippen LogP contribution in [0, 0.1) is 0 Å². The molecule has 3 aromatic carbocycles. The fourth-order valence-corrected chi connectivity index (χ4v) is 3.11. The summed E-state index contributed by atoms with van der Waals surface area (Å²) in [5.74, 6) is -0.623. The number of nitrogens with one attached hydrogen (secondary N) is 2. The molecule has 0 aliphatic heterocycles. The van der Waals surface area contributed by atoms with Gasteiger partial charge in [-0.2, -0.15) is 5.10 Å². The van der Waals surface area contributed by atoms with Gasteiger partial charge in [0.1, 0.15) is 5.69 Å². The molecule has 0 saturated carbocycles. The van der Waals surface area contributed by atoms with Crippen molar-refractivity contribution in [1.29, 1.82) is 0 Å². The molecule has 1 amide bonds. The zero-order valence-corrected chi connectivity index (χ0v) is 16.0. The third-order valence-corrected chi connectivity index (χ3v) is 4.64. The number of rotatable bonds is 5. The molecular weight excluding hydrogens is 386 g/mol. The van der Waals surface area contributed by atoms with Gasteiger partial charge in [-0.1, -0.05) is 72.3 Å². The molecule has 4 aromatic rings. The topological polar surface area (TPSA) is 74.8 Å². The minimum absolute atomic E-state index is 0.224. The quantitative estimate of drug-likeness (QED) is 0.450. The minimum atomic E-state index is -0.399. The van der Waals surface area contributed by atoms with Crippen molar-refractivity contribution in [3.63, 3.8) is 0 Å².